The summed E-state index contributed by atoms with van der Waals surface area (Å²) < 4.78 is 79.0. The van der Waals surface area contributed by atoms with Crippen LogP contribution in [0.15, 0.2) is 11.0 Å². The Morgan fingerprint density at radius 2 is 1.71 bits per heavy atom. The Hall–Kier alpha value is -1.19. The Bertz CT molecular complexity index is 639. The third-order valence-corrected chi connectivity index (χ3v) is 5.49. The monoisotopic (exact) mass is 326 g/mol. The molecule has 2 atom stereocenters. The van der Waals surface area contributed by atoms with E-state index >= 15 is 0 Å². The second-order valence-corrected chi connectivity index (χ2v) is 6.96. The van der Waals surface area contributed by atoms with Gasteiger partial charge < -0.3 is 5.73 Å². The third kappa shape index (κ3) is 2.77. The van der Waals surface area contributed by atoms with Gasteiger partial charge in [0.05, 0.1) is 0 Å². The van der Waals surface area contributed by atoms with Gasteiger partial charge in [0.2, 0.25) is 10.0 Å². The van der Waals surface area contributed by atoms with Crippen molar-refractivity contribution >= 4 is 10.0 Å². The number of nitrogens with two attached hydrogens (primary N) is 1. The standard InChI is InChI=1S/C12H14F4N2O2S/c1-6-5-18(3-2-9(6)17)21(19,20)12-10(15)7(13)4-8(14)11(12)16/h4,6,9H,2-3,5,17H2,1H3. The molecule has 118 valence electrons. The zero-order valence-corrected chi connectivity index (χ0v) is 11.9. The summed E-state index contributed by atoms with van der Waals surface area (Å²) >= 11 is 0. The van der Waals surface area contributed by atoms with E-state index < -0.39 is 38.2 Å². The lowest BCUT2D eigenvalue weighted by Gasteiger charge is -2.34. The molecule has 2 unspecified atom stereocenters. The fraction of sp³-hybridized carbons (Fsp3) is 0.500. The van der Waals surface area contributed by atoms with E-state index in [-0.39, 0.29) is 31.1 Å². The molecule has 1 aromatic carbocycles. The summed E-state index contributed by atoms with van der Waals surface area (Å²) in [6.45, 7) is 1.55. The number of rotatable bonds is 2. The van der Waals surface area contributed by atoms with Crippen LogP contribution >= 0.6 is 0 Å². The van der Waals surface area contributed by atoms with Gasteiger partial charge >= 0.3 is 0 Å². The molecule has 1 saturated heterocycles. The quantitative estimate of drug-likeness (QED) is 0.663. The number of hydrogen-bond donors (Lipinski definition) is 1. The molecule has 4 nitrogen and oxygen atoms in total. The van der Waals surface area contributed by atoms with Crippen LogP contribution in [0.25, 0.3) is 0 Å². The molecular formula is C12H14F4N2O2S. The molecule has 0 aromatic heterocycles. The molecule has 0 bridgehead atoms. The maximum absolute atomic E-state index is 13.7. The average Bonchev–Trinajstić information content (AvgIpc) is 2.39. The maximum atomic E-state index is 13.7. The van der Waals surface area contributed by atoms with Crippen molar-refractivity contribution in [2.75, 3.05) is 13.1 Å². The van der Waals surface area contributed by atoms with Crippen molar-refractivity contribution in [3.8, 4) is 0 Å². The first-order chi connectivity index (χ1) is 9.66. The van der Waals surface area contributed by atoms with Gasteiger partial charge in [0.15, 0.2) is 28.2 Å². The van der Waals surface area contributed by atoms with Crippen molar-refractivity contribution < 1.29 is 26.0 Å². The molecule has 0 spiro atoms. The highest BCUT2D eigenvalue weighted by Gasteiger charge is 2.37. The van der Waals surface area contributed by atoms with Crippen molar-refractivity contribution in [1.29, 1.82) is 0 Å². The first kappa shape index (κ1) is 16.2. The molecule has 1 aromatic rings. The highest BCUT2D eigenvalue weighted by atomic mass is 32.2. The van der Waals surface area contributed by atoms with Crippen molar-refractivity contribution in [2.45, 2.75) is 24.3 Å². The highest BCUT2D eigenvalue weighted by Crippen LogP contribution is 2.29. The van der Waals surface area contributed by atoms with E-state index in [1.807, 2.05) is 0 Å². The van der Waals surface area contributed by atoms with Crippen LogP contribution in [0.3, 0.4) is 0 Å². The largest absolute Gasteiger partial charge is 0.327 e. The van der Waals surface area contributed by atoms with E-state index in [9.17, 15) is 26.0 Å². The van der Waals surface area contributed by atoms with Crippen LogP contribution in [0.5, 0.6) is 0 Å². The predicted molar refractivity (Wildman–Crippen MR) is 66.8 cm³/mol. The number of benzene rings is 1. The van der Waals surface area contributed by atoms with Crippen LogP contribution in [0.1, 0.15) is 13.3 Å². The molecule has 1 fully saturated rings. The molecule has 1 heterocycles. The molecular weight excluding hydrogens is 312 g/mol. The van der Waals surface area contributed by atoms with Crippen LogP contribution in [-0.2, 0) is 10.0 Å². The molecule has 1 aliphatic rings. The molecule has 2 rings (SSSR count). The summed E-state index contributed by atoms with van der Waals surface area (Å²) in [6.07, 6.45) is 0.293. The normalized spacial score (nSPS) is 24.3. The van der Waals surface area contributed by atoms with Crippen LogP contribution in [0.2, 0.25) is 0 Å². The van der Waals surface area contributed by atoms with Gasteiger partial charge in [-0.15, -0.1) is 0 Å². The van der Waals surface area contributed by atoms with Crippen molar-refractivity contribution in [3.05, 3.63) is 29.3 Å². The van der Waals surface area contributed by atoms with Crippen molar-refractivity contribution in [2.24, 2.45) is 11.7 Å². The van der Waals surface area contributed by atoms with Gasteiger partial charge in [-0.05, 0) is 12.3 Å². The van der Waals surface area contributed by atoms with Crippen LogP contribution in [-0.4, -0.2) is 31.9 Å². The summed E-state index contributed by atoms with van der Waals surface area (Å²) in [5, 5.41) is 0. The lowest BCUT2D eigenvalue weighted by molar-refractivity contribution is 0.248. The van der Waals surface area contributed by atoms with Crippen molar-refractivity contribution in [1.82, 2.24) is 4.31 Å². The highest BCUT2D eigenvalue weighted by molar-refractivity contribution is 7.89. The first-order valence-electron chi connectivity index (χ1n) is 6.25. The van der Waals surface area contributed by atoms with Gasteiger partial charge in [0.1, 0.15) is 0 Å². The van der Waals surface area contributed by atoms with E-state index in [0.29, 0.717) is 6.42 Å². The number of sulfonamides is 1. The maximum Gasteiger partial charge on any atom is 0.249 e. The minimum atomic E-state index is -4.68. The van der Waals surface area contributed by atoms with E-state index in [1.54, 1.807) is 6.92 Å². The van der Waals surface area contributed by atoms with Gasteiger partial charge in [-0.25, -0.2) is 26.0 Å². The lowest BCUT2D eigenvalue weighted by Crippen LogP contribution is -2.48. The Morgan fingerprint density at radius 1 is 1.19 bits per heavy atom. The van der Waals surface area contributed by atoms with Gasteiger partial charge in [0, 0.05) is 25.2 Å². The molecule has 1 aliphatic heterocycles. The molecule has 9 heteroatoms. The number of hydrogen-bond acceptors (Lipinski definition) is 3. The minimum absolute atomic E-state index is 0.0293. The number of nitrogens with zero attached hydrogens (tertiary/aromatic N) is 1. The van der Waals surface area contributed by atoms with Crippen molar-refractivity contribution in [3.63, 3.8) is 0 Å². The average molecular weight is 326 g/mol. The summed E-state index contributed by atoms with van der Waals surface area (Å²) in [4.78, 5) is -1.59. The van der Waals surface area contributed by atoms with E-state index in [4.69, 9.17) is 5.73 Å². The smallest absolute Gasteiger partial charge is 0.249 e. The fourth-order valence-corrected chi connectivity index (χ4v) is 3.93. The summed E-state index contributed by atoms with van der Waals surface area (Å²) in [5.74, 6) is -7.59. The Kier molecular flexibility index (Phi) is 4.27. The van der Waals surface area contributed by atoms with Gasteiger partial charge in [-0.2, -0.15) is 4.31 Å². The summed E-state index contributed by atoms with van der Waals surface area (Å²) in [7, 11) is -4.68. The van der Waals surface area contributed by atoms with Crippen LogP contribution < -0.4 is 5.73 Å². The van der Waals surface area contributed by atoms with Crippen LogP contribution in [0, 0.1) is 29.2 Å². The molecule has 2 N–H and O–H groups in total. The van der Waals surface area contributed by atoms with E-state index in [1.165, 1.54) is 0 Å². The zero-order valence-electron chi connectivity index (χ0n) is 11.1. The fourth-order valence-electron chi connectivity index (χ4n) is 2.25. The van der Waals surface area contributed by atoms with E-state index in [2.05, 4.69) is 0 Å². The van der Waals surface area contributed by atoms with Crippen LogP contribution in [0.4, 0.5) is 17.6 Å². The second-order valence-electron chi connectivity index (χ2n) is 5.09. The van der Waals surface area contributed by atoms with E-state index in [0.717, 1.165) is 4.31 Å². The number of piperidine rings is 1. The number of halogens is 4. The first-order valence-corrected chi connectivity index (χ1v) is 7.69. The molecule has 0 aliphatic carbocycles. The minimum Gasteiger partial charge on any atom is -0.327 e. The molecule has 21 heavy (non-hydrogen) atoms. The summed E-state index contributed by atoms with van der Waals surface area (Å²) in [5.41, 5.74) is 5.74. The third-order valence-electron chi connectivity index (χ3n) is 3.60. The molecule has 0 radical (unpaired) electrons. The lowest BCUT2D eigenvalue weighted by atomic mass is 9.96. The second kappa shape index (κ2) is 5.54. The van der Waals surface area contributed by atoms with Gasteiger partial charge in [0.25, 0.3) is 0 Å². The Labute approximate surface area is 119 Å². The summed E-state index contributed by atoms with van der Waals surface area (Å²) in [6, 6.07) is -0.270. The predicted octanol–water partition coefficient (Wildman–Crippen LogP) is 1.60. The Balaban J connectivity index is 2.51. The topological polar surface area (TPSA) is 63.4 Å². The Morgan fingerprint density at radius 3 is 2.19 bits per heavy atom. The SMILES string of the molecule is CC1CN(S(=O)(=O)c2c(F)c(F)cc(F)c2F)CCC1N. The molecule has 0 saturated carbocycles. The molecule has 0 amide bonds. The van der Waals surface area contributed by atoms with Gasteiger partial charge in [-0.3, -0.25) is 0 Å². The zero-order chi connectivity index (χ0) is 15.9. The van der Waals surface area contributed by atoms with Gasteiger partial charge in [-0.1, -0.05) is 6.92 Å².